The summed E-state index contributed by atoms with van der Waals surface area (Å²) in [4.78, 5) is 18.6. The first-order chi connectivity index (χ1) is 12.7. The largest absolute Gasteiger partial charge is 0.379 e. The van der Waals surface area contributed by atoms with Gasteiger partial charge in [0.1, 0.15) is 0 Å². The third kappa shape index (κ3) is 5.77. The van der Waals surface area contributed by atoms with Gasteiger partial charge in [0, 0.05) is 26.2 Å². The zero-order valence-corrected chi connectivity index (χ0v) is 15.9. The molecule has 4 N–H and O–H groups in total. The van der Waals surface area contributed by atoms with Crippen LogP contribution in [0.5, 0.6) is 0 Å². The van der Waals surface area contributed by atoms with Crippen LogP contribution in [0.25, 0.3) is 10.2 Å². The van der Waals surface area contributed by atoms with E-state index in [9.17, 15) is 4.79 Å². The molecule has 0 saturated carbocycles. The number of aromatic nitrogens is 1. The van der Waals surface area contributed by atoms with Gasteiger partial charge in [0.05, 0.1) is 30.0 Å². The van der Waals surface area contributed by atoms with E-state index in [4.69, 9.17) is 17.0 Å². The Balaban J connectivity index is 1.30. The van der Waals surface area contributed by atoms with Crippen LogP contribution in [0.4, 0.5) is 5.13 Å². The highest BCUT2D eigenvalue weighted by Crippen LogP contribution is 2.24. The molecule has 0 radical (unpaired) electrons. The van der Waals surface area contributed by atoms with Crippen molar-refractivity contribution >= 4 is 49.9 Å². The topological polar surface area (TPSA) is 90.5 Å². The number of morpholine rings is 1. The number of carbonyl (C=O) groups excluding carboxylic acids is 1. The number of fused-ring (bicyclic) bond motifs is 1. The predicted molar refractivity (Wildman–Crippen MR) is 107 cm³/mol. The van der Waals surface area contributed by atoms with Crippen LogP contribution in [0.1, 0.15) is 0 Å². The highest BCUT2D eigenvalue weighted by atomic mass is 32.1. The molecule has 10 heteroatoms. The number of amides is 1. The zero-order valence-electron chi connectivity index (χ0n) is 14.3. The second-order valence-corrected chi connectivity index (χ2v) is 7.16. The Morgan fingerprint density at radius 1 is 1.27 bits per heavy atom. The van der Waals surface area contributed by atoms with E-state index in [0.29, 0.717) is 16.8 Å². The molecule has 1 aliphatic rings. The smallest absolute Gasteiger partial charge is 0.257 e. The summed E-state index contributed by atoms with van der Waals surface area (Å²) in [5.41, 5.74) is 6.19. The number of rotatable bonds is 6. The van der Waals surface area contributed by atoms with Crippen LogP contribution in [-0.4, -0.2) is 66.8 Å². The Hall–Kier alpha value is -2.01. The zero-order chi connectivity index (χ0) is 18.2. The average molecular weight is 395 g/mol. The molecular weight excluding hydrogens is 372 g/mol. The van der Waals surface area contributed by atoms with Gasteiger partial charge in [-0.1, -0.05) is 23.5 Å². The Bertz CT molecular complexity index is 714. The lowest BCUT2D eigenvalue weighted by atomic mass is 10.3. The minimum atomic E-state index is -0.221. The Labute approximate surface area is 161 Å². The van der Waals surface area contributed by atoms with E-state index in [0.717, 1.165) is 43.1 Å². The monoisotopic (exact) mass is 394 g/mol. The van der Waals surface area contributed by atoms with Crippen molar-refractivity contribution in [3.63, 3.8) is 0 Å². The Morgan fingerprint density at radius 3 is 2.88 bits per heavy atom. The van der Waals surface area contributed by atoms with Crippen molar-refractivity contribution in [1.82, 2.24) is 26.1 Å². The molecule has 0 aliphatic carbocycles. The second kappa shape index (κ2) is 9.62. The summed E-state index contributed by atoms with van der Waals surface area (Å²) in [5.74, 6) is -0.221. The van der Waals surface area contributed by atoms with E-state index in [1.807, 2.05) is 24.3 Å². The van der Waals surface area contributed by atoms with E-state index < -0.39 is 0 Å². The lowest BCUT2D eigenvalue weighted by Crippen LogP contribution is -2.50. The van der Waals surface area contributed by atoms with Gasteiger partial charge in [0.15, 0.2) is 10.2 Å². The fourth-order valence-electron chi connectivity index (χ4n) is 2.47. The molecule has 0 bridgehead atoms. The van der Waals surface area contributed by atoms with Gasteiger partial charge in [0.25, 0.3) is 5.91 Å². The standard InChI is InChI=1S/C16H22N6O2S2/c23-14(11-18-16-19-12-3-1-2-4-13(12)26-16)20-21-15(25)17-5-6-22-7-9-24-10-8-22/h1-4H,5-11H2,(H,18,19)(H,20,23)(H2,17,21,25). The SMILES string of the molecule is O=C(CNc1nc2ccccc2s1)NNC(=S)NCCN1CCOCC1. The van der Waals surface area contributed by atoms with E-state index in [1.54, 1.807) is 0 Å². The van der Waals surface area contributed by atoms with Gasteiger partial charge in [0.2, 0.25) is 0 Å². The minimum Gasteiger partial charge on any atom is -0.379 e. The van der Waals surface area contributed by atoms with Crippen molar-refractivity contribution < 1.29 is 9.53 Å². The third-order valence-electron chi connectivity index (χ3n) is 3.83. The molecule has 1 aromatic carbocycles. The average Bonchev–Trinajstić information content (AvgIpc) is 3.08. The van der Waals surface area contributed by atoms with Gasteiger partial charge in [-0.25, -0.2) is 4.98 Å². The molecule has 1 aromatic heterocycles. The van der Waals surface area contributed by atoms with E-state index in [1.165, 1.54) is 11.3 Å². The fraction of sp³-hybridized carbons (Fsp3) is 0.438. The molecule has 1 amide bonds. The molecule has 0 spiro atoms. The molecule has 2 heterocycles. The predicted octanol–water partition coefficient (Wildman–Crippen LogP) is 0.536. The van der Waals surface area contributed by atoms with Gasteiger partial charge in [-0.05, 0) is 24.4 Å². The van der Waals surface area contributed by atoms with Crippen LogP contribution >= 0.6 is 23.6 Å². The highest BCUT2D eigenvalue weighted by molar-refractivity contribution is 7.80. The molecule has 3 rings (SSSR count). The van der Waals surface area contributed by atoms with Crippen molar-refractivity contribution in [1.29, 1.82) is 0 Å². The van der Waals surface area contributed by atoms with Gasteiger partial charge in [-0.3, -0.25) is 20.5 Å². The first-order valence-electron chi connectivity index (χ1n) is 8.43. The van der Waals surface area contributed by atoms with Gasteiger partial charge >= 0.3 is 0 Å². The molecule has 2 aromatic rings. The number of hydrogen-bond acceptors (Lipinski definition) is 7. The number of nitrogens with zero attached hydrogens (tertiary/aromatic N) is 2. The van der Waals surface area contributed by atoms with Crippen LogP contribution in [0.2, 0.25) is 0 Å². The normalized spacial score (nSPS) is 14.8. The number of carbonyl (C=O) groups is 1. The fourth-order valence-corrected chi connectivity index (χ4v) is 3.49. The Morgan fingerprint density at radius 2 is 2.08 bits per heavy atom. The molecule has 1 saturated heterocycles. The molecule has 140 valence electrons. The number of hydrogen-bond donors (Lipinski definition) is 4. The van der Waals surface area contributed by atoms with E-state index in [-0.39, 0.29) is 12.5 Å². The van der Waals surface area contributed by atoms with Crippen LogP contribution in [-0.2, 0) is 9.53 Å². The number of anilines is 1. The first kappa shape index (κ1) is 18.8. The van der Waals surface area contributed by atoms with Crippen LogP contribution in [0, 0.1) is 0 Å². The number of para-hydroxylation sites is 1. The highest BCUT2D eigenvalue weighted by Gasteiger charge is 2.10. The van der Waals surface area contributed by atoms with Crippen LogP contribution in [0.15, 0.2) is 24.3 Å². The molecule has 8 nitrogen and oxygen atoms in total. The first-order valence-corrected chi connectivity index (χ1v) is 9.65. The van der Waals surface area contributed by atoms with Gasteiger partial charge < -0.3 is 15.4 Å². The number of ether oxygens (including phenoxy) is 1. The molecular formula is C16H22N6O2S2. The summed E-state index contributed by atoms with van der Waals surface area (Å²) >= 11 is 6.66. The maximum Gasteiger partial charge on any atom is 0.257 e. The molecule has 26 heavy (non-hydrogen) atoms. The molecule has 0 unspecified atom stereocenters. The van der Waals surface area contributed by atoms with Crippen molar-refractivity contribution in [2.45, 2.75) is 0 Å². The molecule has 1 fully saturated rings. The molecule has 1 aliphatic heterocycles. The van der Waals surface area contributed by atoms with Gasteiger partial charge in [-0.2, -0.15) is 0 Å². The second-order valence-electron chi connectivity index (χ2n) is 5.72. The van der Waals surface area contributed by atoms with Crippen LogP contribution in [0.3, 0.4) is 0 Å². The van der Waals surface area contributed by atoms with Gasteiger partial charge in [-0.15, -0.1) is 0 Å². The number of hydrazine groups is 1. The van der Waals surface area contributed by atoms with E-state index >= 15 is 0 Å². The maximum absolute atomic E-state index is 11.9. The Kier molecular flexibility index (Phi) is 6.95. The lowest BCUT2D eigenvalue weighted by molar-refractivity contribution is -0.119. The number of thiocarbonyl (C=S) groups is 1. The van der Waals surface area contributed by atoms with E-state index in [2.05, 4.69) is 31.4 Å². The van der Waals surface area contributed by atoms with Crippen molar-refractivity contribution in [2.75, 3.05) is 51.3 Å². The lowest BCUT2D eigenvalue weighted by Gasteiger charge is -2.26. The quantitative estimate of drug-likeness (QED) is 0.417. The van der Waals surface area contributed by atoms with Crippen LogP contribution < -0.4 is 21.5 Å². The summed E-state index contributed by atoms with van der Waals surface area (Å²) in [5, 5.41) is 7.20. The minimum absolute atomic E-state index is 0.114. The summed E-state index contributed by atoms with van der Waals surface area (Å²) in [6, 6.07) is 7.85. The van der Waals surface area contributed by atoms with Crippen molar-refractivity contribution in [3.8, 4) is 0 Å². The molecule has 0 atom stereocenters. The third-order valence-corrected chi connectivity index (χ3v) is 5.07. The summed E-state index contributed by atoms with van der Waals surface area (Å²) < 4.78 is 6.39. The van der Waals surface area contributed by atoms with Crippen molar-refractivity contribution in [3.05, 3.63) is 24.3 Å². The number of benzene rings is 1. The number of thiazole rings is 1. The van der Waals surface area contributed by atoms with Crippen molar-refractivity contribution in [2.24, 2.45) is 0 Å². The summed E-state index contributed by atoms with van der Waals surface area (Å²) in [6.45, 7) is 5.15. The number of nitrogens with one attached hydrogen (secondary N) is 4. The maximum atomic E-state index is 11.9. The summed E-state index contributed by atoms with van der Waals surface area (Å²) in [6.07, 6.45) is 0. The summed E-state index contributed by atoms with van der Waals surface area (Å²) in [7, 11) is 0.